The van der Waals surface area contributed by atoms with Gasteiger partial charge in [-0.05, 0) is 53.5 Å². The van der Waals surface area contributed by atoms with Crippen LogP contribution in [0.15, 0.2) is 73.1 Å². The number of thiophene rings is 1. The Morgan fingerprint density at radius 1 is 1.23 bits per heavy atom. The molecule has 9 heteroatoms. The zero-order chi connectivity index (χ0) is 18.7. The summed E-state index contributed by atoms with van der Waals surface area (Å²) in [6, 6.07) is 9.95. The molecular weight excluding hydrogens is 456 g/mol. The van der Waals surface area contributed by atoms with Gasteiger partial charge in [-0.25, -0.2) is 0 Å². The van der Waals surface area contributed by atoms with Crippen molar-refractivity contribution < 1.29 is 13.2 Å². The molecule has 0 aliphatic carbocycles. The standard InChI is InChI=1S/C17H13BrN2O3S3/c1-2-9-20-16(21)15(11-13-4-3-10-24-13)25-17(20)19-26(22,23)14-7-5-12(18)6-8-14/h2-8,10-11H,1,9H2/b15-11-,19-17?. The van der Waals surface area contributed by atoms with Gasteiger partial charge in [0.1, 0.15) is 0 Å². The van der Waals surface area contributed by atoms with E-state index in [0.29, 0.717) is 4.91 Å². The van der Waals surface area contributed by atoms with Crippen molar-refractivity contribution >= 4 is 66.2 Å². The highest BCUT2D eigenvalue weighted by Gasteiger charge is 2.34. The van der Waals surface area contributed by atoms with Gasteiger partial charge in [0, 0.05) is 15.9 Å². The lowest BCUT2D eigenvalue weighted by Crippen LogP contribution is -2.29. The van der Waals surface area contributed by atoms with Crippen LogP contribution in [0.5, 0.6) is 0 Å². The van der Waals surface area contributed by atoms with Crippen LogP contribution >= 0.6 is 39.0 Å². The number of halogens is 1. The largest absolute Gasteiger partial charge is 0.284 e. The molecule has 134 valence electrons. The lowest BCUT2D eigenvalue weighted by Gasteiger charge is -2.12. The molecule has 0 unspecified atom stereocenters. The lowest BCUT2D eigenvalue weighted by atomic mass is 10.3. The van der Waals surface area contributed by atoms with Crippen molar-refractivity contribution in [1.29, 1.82) is 0 Å². The molecule has 0 atom stereocenters. The maximum atomic E-state index is 12.6. The predicted molar refractivity (Wildman–Crippen MR) is 111 cm³/mol. The first-order chi connectivity index (χ1) is 12.4. The van der Waals surface area contributed by atoms with Crippen molar-refractivity contribution in [2.75, 3.05) is 6.54 Å². The van der Waals surface area contributed by atoms with Gasteiger partial charge in [0.25, 0.3) is 15.9 Å². The second-order valence-corrected chi connectivity index (χ2v) is 9.64. The molecule has 0 radical (unpaired) electrons. The van der Waals surface area contributed by atoms with Crippen molar-refractivity contribution in [3.63, 3.8) is 0 Å². The summed E-state index contributed by atoms with van der Waals surface area (Å²) >= 11 is 5.81. The molecule has 0 N–H and O–H groups in total. The molecule has 1 saturated heterocycles. The van der Waals surface area contributed by atoms with E-state index in [1.165, 1.54) is 34.4 Å². The fourth-order valence-electron chi connectivity index (χ4n) is 2.13. The van der Waals surface area contributed by atoms with E-state index in [2.05, 4.69) is 26.9 Å². The number of hydrogen-bond donors (Lipinski definition) is 0. The van der Waals surface area contributed by atoms with Crippen LogP contribution < -0.4 is 0 Å². The van der Waals surface area contributed by atoms with Crippen molar-refractivity contribution in [3.8, 4) is 0 Å². The zero-order valence-corrected chi connectivity index (χ0v) is 17.4. The SMILES string of the molecule is C=CCN1C(=O)/C(=C/c2cccs2)SC1=NS(=O)(=O)c1ccc(Br)cc1. The number of carbonyl (C=O) groups is 1. The molecule has 2 aromatic rings. The molecule has 1 aliphatic heterocycles. The molecule has 2 heterocycles. The van der Waals surface area contributed by atoms with Gasteiger partial charge in [-0.1, -0.05) is 28.1 Å². The Morgan fingerprint density at radius 3 is 2.58 bits per heavy atom. The van der Waals surface area contributed by atoms with Crippen molar-refractivity contribution in [1.82, 2.24) is 4.90 Å². The third kappa shape index (κ3) is 4.17. The Kier molecular flexibility index (Phi) is 5.81. The van der Waals surface area contributed by atoms with E-state index in [1.54, 1.807) is 18.2 Å². The van der Waals surface area contributed by atoms with Crippen LogP contribution in [-0.4, -0.2) is 30.9 Å². The number of nitrogens with zero attached hydrogens (tertiary/aromatic N) is 2. The van der Waals surface area contributed by atoms with E-state index in [0.717, 1.165) is 21.1 Å². The fourth-order valence-corrected chi connectivity index (χ4v) is 5.31. The Morgan fingerprint density at radius 2 is 1.96 bits per heavy atom. The number of sulfonamides is 1. The lowest BCUT2D eigenvalue weighted by molar-refractivity contribution is -0.121. The number of amides is 1. The van der Waals surface area contributed by atoms with Gasteiger partial charge in [-0.3, -0.25) is 9.69 Å². The van der Waals surface area contributed by atoms with Gasteiger partial charge in [0.05, 0.1) is 9.80 Å². The highest BCUT2D eigenvalue weighted by molar-refractivity contribution is 9.10. The Labute approximate surface area is 168 Å². The molecule has 26 heavy (non-hydrogen) atoms. The van der Waals surface area contributed by atoms with Gasteiger partial charge in [0.2, 0.25) is 0 Å². The first kappa shape index (κ1) is 19.1. The van der Waals surface area contributed by atoms with E-state index >= 15 is 0 Å². The molecule has 1 aliphatic rings. The van der Waals surface area contributed by atoms with Gasteiger partial charge in [-0.2, -0.15) is 8.42 Å². The summed E-state index contributed by atoms with van der Waals surface area (Å²) in [7, 11) is -3.93. The second kappa shape index (κ2) is 7.91. The average molecular weight is 469 g/mol. The van der Waals surface area contributed by atoms with Crippen molar-refractivity contribution in [2.24, 2.45) is 4.40 Å². The third-order valence-electron chi connectivity index (χ3n) is 3.33. The van der Waals surface area contributed by atoms with E-state index in [1.807, 2.05) is 17.5 Å². The second-order valence-electron chi connectivity index (χ2n) is 5.13. The minimum atomic E-state index is -3.93. The average Bonchev–Trinajstić information content (AvgIpc) is 3.20. The summed E-state index contributed by atoms with van der Waals surface area (Å²) in [5, 5.41) is 2.03. The van der Waals surface area contributed by atoms with Crippen LogP contribution in [0.1, 0.15) is 4.88 Å². The van der Waals surface area contributed by atoms with Crippen LogP contribution in [0.4, 0.5) is 0 Å². The number of carbonyl (C=O) groups excluding carboxylic acids is 1. The van der Waals surface area contributed by atoms with E-state index in [9.17, 15) is 13.2 Å². The predicted octanol–water partition coefficient (Wildman–Crippen LogP) is 4.36. The Hall–Kier alpha value is -1.68. The van der Waals surface area contributed by atoms with Gasteiger partial charge in [0.15, 0.2) is 5.17 Å². The maximum absolute atomic E-state index is 12.6. The van der Waals surface area contributed by atoms with Crippen LogP contribution in [-0.2, 0) is 14.8 Å². The fraction of sp³-hybridized carbons (Fsp3) is 0.0588. The minimum absolute atomic E-state index is 0.0653. The molecule has 0 spiro atoms. The number of rotatable bonds is 5. The smallest absolute Gasteiger partial charge is 0.282 e. The minimum Gasteiger partial charge on any atom is -0.282 e. The van der Waals surface area contributed by atoms with Crippen molar-refractivity contribution in [2.45, 2.75) is 4.90 Å². The third-order valence-corrected chi connectivity index (χ3v) is 7.08. The molecule has 1 amide bonds. The Balaban J connectivity index is 1.98. The summed E-state index contributed by atoms with van der Waals surface area (Å²) in [5.74, 6) is -0.284. The van der Waals surface area contributed by atoms with Crippen LogP contribution in [0.3, 0.4) is 0 Å². The zero-order valence-electron chi connectivity index (χ0n) is 13.3. The highest BCUT2D eigenvalue weighted by atomic mass is 79.9. The van der Waals surface area contributed by atoms with E-state index in [4.69, 9.17) is 0 Å². The van der Waals surface area contributed by atoms with Gasteiger partial charge in [-0.15, -0.1) is 22.3 Å². The molecule has 1 aromatic carbocycles. The summed E-state index contributed by atoms with van der Waals surface area (Å²) in [6.45, 7) is 3.81. The van der Waals surface area contributed by atoms with Crippen LogP contribution in [0.25, 0.3) is 6.08 Å². The molecule has 0 bridgehead atoms. The molecule has 3 rings (SSSR count). The molecule has 1 aromatic heterocycles. The van der Waals surface area contributed by atoms with E-state index < -0.39 is 10.0 Å². The monoisotopic (exact) mass is 468 g/mol. The number of thioether (sulfide) groups is 1. The molecule has 0 saturated carbocycles. The first-order valence-electron chi connectivity index (χ1n) is 7.37. The van der Waals surface area contributed by atoms with Gasteiger partial charge < -0.3 is 0 Å². The summed E-state index contributed by atoms with van der Waals surface area (Å²) in [6.07, 6.45) is 3.27. The number of hydrogen-bond acceptors (Lipinski definition) is 5. The highest BCUT2D eigenvalue weighted by Crippen LogP contribution is 2.34. The normalized spacial score (nSPS) is 18.0. The summed E-state index contributed by atoms with van der Waals surface area (Å²) in [4.78, 5) is 15.3. The van der Waals surface area contributed by atoms with E-state index in [-0.39, 0.29) is 22.5 Å². The maximum Gasteiger partial charge on any atom is 0.284 e. The number of benzene rings is 1. The number of amidine groups is 1. The summed E-state index contributed by atoms with van der Waals surface area (Å²) in [5.41, 5.74) is 0. The molecule has 5 nitrogen and oxygen atoms in total. The van der Waals surface area contributed by atoms with Crippen LogP contribution in [0.2, 0.25) is 0 Å². The Bertz CT molecular complexity index is 994. The van der Waals surface area contributed by atoms with Crippen molar-refractivity contribution in [3.05, 3.63) is 68.7 Å². The van der Waals surface area contributed by atoms with Gasteiger partial charge >= 0.3 is 0 Å². The topological polar surface area (TPSA) is 66.8 Å². The molecular formula is C17H13BrN2O3S3. The van der Waals surface area contributed by atoms with Crippen LogP contribution in [0, 0.1) is 0 Å². The molecule has 1 fully saturated rings. The summed E-state index contributed by atoms with van der Waals surface area (Å²) < 4.78 is 29.8. The first-order valence-corrected chi connectivity index (χ1v) is 11.3. The quantitative estimate of drug-likeness (QED) is 0.482.